The number of nitrogens with zero attached hydrogens (tertiary/aromatic N) is 2. The van der Waals surface area contributed by atoms with Gasteiger partial charge in [-0.2, -0.15) is 0 Å². The summed E-state index contributed by atoms with van der Waals surface area (Å²) in [6.45, 7) is 2.30. The number of ether oxygens (including phenoxy) is 2. The van der Waals surface area contributed by atoms with E-state index < -0.39 is 0 Å². The number of nitrogens with one attached hydrogen (secondary N) is 2. The lowest BCUT2D eigenvalue weighted by Gasteiger charge is -2.26. The zero-order valence-electron chi connectivity index (χ0n) is 15.6. The molecule has 8 nitrogen and oxygen atoms in total. The number of anilines is 2. The summed E-state index contributed by atoms with van der Waals surface area (Å²) in [5.41, 5.74) is 2.12. The summed E-state index contributed by atoms with van der Waals surface area (Å²) in [6, 6.07) is 10.5. The zero-order chi connectivity index (χ0) is 19.8. The lowest BCUT2D eigenvalue weighted by atomic mass is 10.2. The van der Waals surface area contributed by atoms with E-state index in [-0.39, 0.29) is 11.9 Å². The third-order valence-electron chi connectivity index (χ3n) is 4.10. The highest BCUT2D eigenvalue weighted by Gasteiger charge is 2.16. The second kappa shape index (κ2) is 9.52. The predicted octanol–water partition coefficient (Wildman–Crippen LogP) is 2.61. The number of amides is 3. The van der Waals surface area contributed by atoms with Crippen molar-refractivity contribution in [1.82, 2.24) is 9.88 Å². The SMILES string of the molecule is COc1ccc(NC(=O)/C=C/c2ccc(NC(=O)N3CCOCC3)cc2)cn1. The van der Waals surface area contributed by atoms with Crippen molar-refractivity contribution in [2.45, 2.75) is 0 Å². The molecule has 2 aromatic rings. The van der Waals surface area contributed by atoms with Gasteiger partial charge in [-0.1, -0.05) is 12.1 Å². The van der Waals surface area contributed by atoms with Crippen LogP contribution in [0.4, 0.5) is 16.2 Å². The number of hydrogen-bond acceptors (Lipinski definition) is 5. The molecule has 2 N–H and O–H groups in total. The number of aromatic nitrogens is 1. The predicted molar refractivity (Wildman–Crippen MR) is 106 cm³/mol. The largest absolute Gasteiger partial charge is 0.481 e. The number of carbonyl (C=O) groups is 2. The van der Waals surface area contributed by atoms with Gasteiger partial charge in [0.05, 0.1) is 32.2 Å². The first-order valence-corrected chi connectivity index (χ1v) is 8.87. The second-order valence-corrected chi connectivity index (χ2v) is 6.06. The molecule has 0 atom stereocenters. The summed E-state index contributed by atoms with van der Waals surface area (Å²) >= 11 is 0. The average molecular weight is 382 g/mol. The minimum atomic E-state index is -0.267. The minimum absolute atomic E-state index is 0.140. The van der Waals surface area contributed by atoms with E-state index in [2.05, 4.69) is 15.6 Å². The minimum Gasteiger partial charge on any atom is -0.481 e. The van der Waals surface area contributed by atoms with Crippen LogP contribution in [0.15, 0.2) is 48.7 Å². The van der Waals surface area contributed by atoms with Crippen LogP contribution in [0.2, 0.25) is 0 Å². The molecule has 0 saturated carbocycles. The number of rotatable bonds is 5. The molecule has 1 saturated heterocycles. The first kappa shape index (κ1) is 19.4. The van der Waals surface area contributed by atoms with E-state index >= 15 is 0 Å². The van der Waals surface area contributed by atoms with Crippen molar-refractivity contribution in [2.75, 3.05) is 44.0 Å². The van der Waals surface area contributed by atoms with Crippen molar-refractivity contribution in [3.63, 3.8) is 0 Å². The Hall–Kier alpha value is -3.39. The van der Waals surface area contributed by atoms with Crippen LogP contribution in [0.1, 0.15) is 5.56 Å². The maximum Gasteiger partial charge on any atom is 0.321 e. The van der Waals surface area contributed by atoms with E-state index in [0.29, 0.717) is 43.6 Å². The third kappa shape index (κ3) is 5.55. The molecule has 1 aliphatic rings. The molecule has 3 rings (SSSR count). The van der Waals surface area contributed by atoms with Crippen molar-refractivity contribution in [3.8, 4) is 5.88 Å². The molecule has 0 aliphatic carbocycles. The number of hydrogen-bond donors (Lipinski definition) is 2. The van der Waals surface area contributed by atoms with Gasteiger partial charge in [0.2, 0.25) is 11.8 Å². The molecule has 28 heavy (non-hydrogen) atoms. The van der Waals surface area contributed by atoms with Crippen molar-refractivity contribution in [2.24, 2.45) is 0 Å². The van der Waals surface area contributed by atoms with Gasteiger partial charge in [-0.25, -0.2) is 9.78 Å². The lowest BCUT2D eigenvalue weighted by Crippen LogP contribution is -2.43. The Morgan fingerprint density at radius 2 is 1.79 bits per heavy atom. The van der Waals surface area contributed by atoms with Gasteiger partial charge >= 0.3 is 6.03 Å². The Labute approximate surface area is 163 Å². The first-order chi connectivity index (χ1) is 13.6. The summed E-state index contributed by atoms with van der Waals surface area (Å²) in [5, 5.41) is 5.58. The molecule has 0 radical (unpaired) electrons. The summed E-state index contributed by atoms with van der Waals surface area (Å²) in [5.74, 6) is 0.214. The molecule has 0 unspecified atom stereocenters. The van der Waals surface area contributed by atoms with Crippen LogP contribution in [0.25, 0.3) is 6.08 Å². The maximum atomic E-state index is 12.2. The fourth-order valence-corrected chi connectivity index (χ4v) is 2.58. The fourth-order valence-electron chi connectivity index (χ4n) is 2.58. The van der Waals surface area contributed by atoms with Crippen LogP contribution in [0.5, 0.6) is 5.88 Å². The monoisotopic (exact) mass is 382 g/mol. The molecule has 2 heterocycles. The maximum absolute atomic E-state index is 12.2. The normalized spacial score (nSPS) is 14.0. The van der Waals surface area contributed by atoms with E-state index in [0.717, 1.165) is 5.56 Å². The fraction of sp³-hybridized carbons (Fsp3) is 0.250. The average Bonchev–Trinajstić information content (AvgIpc) is 2.74. The van der Waals surface area contributed by atoms with E-state index in [9.17, 15) is 9.59 Å². The summed E-state index contributed by atoms with van der Waals surface area (Å²) < 4.78 is 10.2. The second-order valence-electron chi connectivity index (χ2n) is 6.06. The van der Waals surface area contributed by atoms with E-state index in [1.807, 2.05) is 12.1 Å². The number of urea groups is 1. The molecular weight excluding hydrogens is 360 g/mol. The number of pyridine rings is 1. The Balaban J connectivity index is 1.51. The van der Waals surface area contributed by atoms with Crippen LogP contribution in [-0.2, 0) is 9.53 Å². The van der Waals surface area contributed by atoms with Crippen molar-refractivity contribution in [1.29, 1.82) is 0 Å². The van der Waals surface area contributed by atoms with Crippen LogP contribution in [0.3, 0.4) is 0 Å². The summed E-state index contributed by atoms with van der Waals surface area (Å²) in [6.07, 6.45) is 4.65. The number of methoxy groups -OCH3 is 1. The molecule has 1 aromatic carbocycles. The molecule has 0 spiro atoms. The van der Waals surface area contributed by atoms with Crippen LogP contribution >= 0.6 is 0 Å². The lowest BCUT2D eigenvalue weighted by molar-refractivity contribution is -0.111. The van der Waals surface area contributed by atoms with Gasteiger partial charge in [-0.15, -0.1) is 0 Å². The summed E-state index contributed by atoms with van der Waals surface area (Å²) in [4.78, 5) is 29.9. The Kier molecular flexibility index (Phi) is 6.59. The number of benzene rings is 1. The van der Waals surface area contributed by atoms with Gasteiger partial charge in [-0.3, -0.25) is 4.79 Å². The van der Waals surface area contributed by atoms with E-state index in [1.165, 1.54) is 19.4 Å². The molecule has 8 heteroatoms. The van der Waals surface area contributed by atoms with Gasteiger partial charge in [0.1, 0.15) is 0 Å². The van der Waals surface area contributed by atoms with Gasteiger partial charge in [0.15, 0.2) is 0 Å². The Bertz CT molecular complexity index is 828. The van der Waals surface area contributed by atoms with Crippen LogP contribution < -0.4 is 15.4 Å². The van der Waals surface area contributed by atoms with Crippen LogP contribution in [0, 0.1) is 0 Å². The van der Waals surface area contributed by atoms with Gasteiger partial charge < -0.3 is 25.0 Å². The highest BCUT2D eigenvalue weighted by Crippen LogP contribution is 2.13. The summed E-state index contributed by atoms with van der Waals surface area (Å²) in [7, 11) is 1.53. The zero-order valence-corrected chi connectivity index (χ0v) is 15.6. The van der Waals surface area contributed by atoms with Gasteiger partial charge in [-0.05, 0) is 29.8 Å². The van der Waals surface area contributed by atoms with Crippen molar-refractivity contribution < 1.29 is 19.1 Å². The first-order valence-electron chi connectivity index (χ1n) is 8.87. The molecular formula is C20H22N4O4. The van der Waals surface area contributed by atoms with Gasteiger partial charge in [0, 0.05) is 30.9 Å². The quantitative estimate of drug-likeness (QED) is 0.776. The highest BCUT2D eigenvalue weighted by atomic mass is 16.5. The van der Waals surface area contributed by atoms with Crippen LogP contribution in [-0.4, -0.2) is 55.2 Å². The van der Waals surface area contributed by atoms with E-state index in [4.69, 9.17) is 9.47 Å². The van der Waals surface area contributed by atoms with E-state index in [1.54, 1.807) is 35.2 Å². The Morgan fingerprint density at radius 1 is 1.07 bits per heavy atom. The third-order valence-corrected chi connectivity index (χ3v) is 4.10. The number of carbonyl (C=O) groups excluding carboxylic acids is 2. The topological polar surface area (TPSA) is 92.8 Å². The molecule has 1 aliphatic heterocycles. The standard InChI is InChI=1S/C20H22N4O4/c1-27-19-9-7-17(14-21-19)22-18(25)8-4-15-2-5-16(6-3-15)23-20(26)24-10-12-28-13-11-24/h2-9,14H,10-13H2,1H3,(H,22,25)(H,23,26)/b8-4+. The highest BCUT2D eigenvalue weighted by molar-refractivity contribution is 6.01. The molecule has 1 fully saturated rings. The van der Waals surface area contributed by atoms with Crippen molar-refractivity contribution >= 4 is 29.4 Å². The number of morpholine rings is 1. The van der Waals surface area contributed by atoms with Gasteiger partial charge in [0.25, 0.3) is 0 Å². The molecule has 3 amide bonds. The van der Waals surface area contributed by atoms with Crippen molar-refractivity contribution in [3.05, 3.63) is 54.2 Å². The molecule has 1 aromatic heterocycles. The Morgan fingerprint density at radius 3 is 2.43 bits per heavy atom. The molecule has 146 valence electrons. The smallest absolute Gasteiger partial charge is 0.321 e. The molecule has 0 bridgehead atoms.